The van der Waals surface area contributed by atoms with Crippen molar-refractivity contribution >= 4 is 34.9 Å². The van der Waals surface area contributed by atoms with Crippen LogP contribution in [-0.4, -0.2) is 30.2 Å². The Bertz CT molecular complexity index is 905. The second kappa shape index (κ2) is 12.3. The number of hydrogen-bond acceptors (Lipinski definition) is 5. The number of esters is 1. The Hall–Kier alpha value is -3.48. The molecule has 0 heterocycles. The molecule has 7 nitrogen and oxygen atoms in total. The molecule has 0 saturated carbocycles. The largest absolute Gasteiger partial charge is 0.466 e. The van der Waals surface area contributed by atoms with Crippen molar-refractivity contribution in [3.63, 3.8) is 0 Å². The van der Waals surface area contributed by atoms with Gasteiger partial charge in [0.15, 0.2) is 5.78 Å². The van der Waals surface area contributed by atoms with Gasteiger partial charge in [-0.1, -0.05) is 12.1 Å². The van der Waals surface area contributed by atoms with E-state index in [2.05, 4.69) is 10.6 Å². The zero-order valence-corrected chi connectivity index (χ0v) is 17.9. The molecule has 2 rings (SSSR count). The highest BCUT2D eigenvalue weighted by atomic mass is 16.5. The minimum atomic E-state index is -0.272. The smallest absolute Gasteiger partial charge is 0.306 e. The number of nitrogens with one attached hydrogen (secondary N) is 2. The minimum absolute atomic E-state index is 0.0170. The summed E-state index contributed by atoms with van der Waals surface area (Å²) in [7, 11) is 0. The van der Waals surface area contributed by atoms with Gasteiger partial charge in [-0.25, -0.2) is 0 Å². The van der Waals surface area contributed by atoms with Crippen molar-refractivity contribution in [1.82, 2.24) is 0 Å². The number of anilines is 2. The lowest BCUT2D eigenvalue weighted by molar-refractivity contribution is -0.143. The van der Waals surface area contributed by atoms with Gasteiger partial charge >= 0.3 is 5.97 Å². The van der Waals surface area contributed by atoms with Crippen molar-refractivity contribution < 1.29 is 23.9 Å². The van der Waals surface area contributed by atoms with Gasteiger partial charge in [0.25, 0.3) is 0 Å². The van der Waals surface area contributed by atoms with Crippen LogP contribution in [0.25, 0.3) is 0 Å². The highest BCUT2D eigenvalue weighted by Gasteiger charge is 2.08. The van der Waals surface area contributed by atoms with E-state index in [4.69, 9.17) is 4.74 Å². The van der Waals surface area contributed by atoms with E-state index in [0.29, 0.717) is 36.9 Å². The number of aryl methyl sites for hydroxylation is 1. The number of carbonyl (C=O) groups is 4. The Morgan fingerprint density at radius 1 is 0.742 bits per heavy atom. The molecule has 0 fully saturated rings. The molecule has 2 amide bonds. The normalized spacial score (nSPS) is 10.3. The number of carbonyl (C=O) groups excluding carboxylic acids is 4. The van der Waals surface area contributed by atoms with Crippen molar-refractivity contribution in [1.29, 1.82) is 0 Å². The van der Waals surface area contributed by atoms with Gasteiger partial charge in [-0.2, -0.15) is 0 Å². The molecular formula is C24H28N2O5. The molecule has 7 heteroatoms. The first-order chi connectivity index (χ1) is 14.8. The van der Waals surface area contributed by atoms with Crippen molar-refractivity contribution in [2.45, 2.75) is 46.0 Å². The summed E-state index contributed by atoms with van der Waals surface area (Å²) in [6.45, 7) is 3.17. The fourth-order valence-electron chi connectivity index (χ4n) is 2.94. The van der Waals surface area contributed by atoms with Gasteiger partial charge in [0.2, 0.25) is 11.8 Å². The van der Waals surface area contributed by atoms with Crippen LogP contribution in [0.5, 0.6) is 0 Å². The van der Waals surface area contributed by atoms with Gasteiger partial charge in [-0.05, 0) is 61.2 Å². The predicted octanol–water partition coefficient (Wildman–Crippen LogP) is 4.13. The van der Waals surface area contributed by atoms with Crippen molar-refractivity contribution in [3.05, 3.63) is 59.7 Å². The summed E-state index contributed by atoms with van der Waals surface area (Å²) >= 11 is 0. The molecule has 0 radical (unpaired) electrons. The van der Waals surface area contributed by atoms with Gasteiger partial charge in [-0.3, -0.25) is 19.2 Å². The molecule has 0 saturated heterocycles. The summed E-state index contributed by atoms with van der Waals surface area (Å²) in [5.74, 6) is -0.541. The van der Waals surface area contributed by atoms with E-state index in [1.165, 1.54) is 13.8 Å². The summed E-state index contributed by atoms with van der Waals surface area (Å²) in [6.07, 6.45) is 2.46. The van der Waals surface area contributed by atoms with E-state index in [1.54, 1.807) is 36.4 Å². The SMILES string of the molecule is CC(=O)Nc1ccc(CCC(=O)OCCCCC(=O)c2ccc(NC(C)=O)cc2)cc1. The van der Waals surface area contributed by atoms with Crippen LogP contribution in [0.3, 0.4) is 0 Å². The van der Waals surface area contributed by atoms with Crippen LogP contribution in [0.1, 0.15) is 55.5 Å². The van der Waals surface area contributed by atoms with Crippen LogP contribution < -0.4 is 10.6 Å². The summed E-state index contributed by atoms with van der Waals surface area (Å²) in [4.78, 5) is 46.1. The number of ketones is 1. The molecule has 0 aliphatic heterocycles. The van der Waals surface area contributed by atoms with Crippen LogP contribution in [-0.2, 0) is 25.5 Å². The molecule has 0 aliphatic carbocycles. The summed E-state index contributed by atoms with van der Waals surface area (Å²) in [5.41, 5.74) is 2.95. The van der Waals surface area contributed by atoms with Gasteiger partial charge < -0.3 is 15.4 Å². The Labute approximate surface area is 182 Å². The highest BCUT2D eigenvalue weighted by Crippen LogP contribution is 2.13. The second-order valence-electron chi connectivity index (χ2n) is 7.24. The van der Waals surface area contributed by atoms with Gasteiger partial charge in [0.1, 0.15) is 0 Å². The Kier molecular flexibility index (Phi) is 9.42. The molecule has 31 heavy (non-hydrogen) atoms. The van der Waals surface area contributed by atoms with Crippen molar-refractivity contribution in [2.75, 3.05) is 17.2 Å². The maximum absolute atomic E-state index is 12.2. The maximum atomic E-state index is 12.2. The predicted molar refractivity (Wildman–Crippen MR) is 119 cm³/mol. The maximum Gasteiger partial charge on any atom is 0.306 e. The zero-order valence-electron chi connectivity index (χ0n) is 17.9. The van der Waals surface area contributed by atoms with E-state index in [0.717, 1.165) is 11.3 Å². The Morgan fingerprint density at radius 3 is 1.84 bits per heavy atom. The fourth-order valence-corrected chi connectivity index (χ4v) is 2.94. The first kappa shape index (κ1) is 23.8. The lowest BCUT2D eigenvalue weighted by atomic mass is 10.1. The van der Waals surface area contributed by atoms with Crippen LogP contribution >= 0.6 is 0 Å². The third kappa shape index (κ3) is 9.25. The first-order valence-electron chi connectivity index (χ1n) is 10.3. The third-order valence-electron chi connectivity index (χ3n) is 4.48. The minimum Gasteiger partial charge on any atom is -0.466 e. The van der Waals surface area contributed by atoms with E-state index < -0.39 is 0 Å². The topological polar surface area (TPSA) is 102 Å². The highest BCUT2D eigenvalue weighted by molar-refractivity contribution is 5.97. The average Bonchev–Trinajstić information content (AvgIpc) is 2.72. The van der Waals surface area contributed by atoms with Crippen molar-refractivity contribution in [3.8, 4) is 0 Å². The molecule has 2 aromatic carbocycles. The lowest BCUT2D eigenvalue weighted by Gasteiger charge is -2.07. The number of ether oxygens (including phenoxy) is 1. The van der Waals surface area contributed by atoms with Crippen LogP contribution in [0.2, 0.25) is 0 Å². The monoisotopic (exact) mass is 424 g/mol. The van der Waals surface area contributed by atoms with Crippen molar-refractivity contribution in [2.24, 2.45) is 0 Å². The Balaban J connectivity index is 1.60. The molecule has 0 aromatic heterocycles. The van der Waals surface area contributed by atoms with E-state index in [-0.39, 0.29) is 36.6 Å². The Morgan fingerprint density at radius 2 is 1.29 bits per heavy atom. The molecular weight excluding hydrogens is 396 g/mol. The van der Waals surface area contributed by atoms with E-state index in [1.807, 2.05) is 12.1 Å². The fraction of sp³-hybridized carbons (Fsp3) is 0.333. The number of benzene rings is 2. The number of amides is 2. The number of unbranched alkanes of at least 4 members (excludes halogenated alkanes) is 1. The molecule has 0 aliphatic rings. The number of Topliss-reactive ketones (excluding diaryl/α,β-unsaturated/α-hetero) is 1. The third-order valence-corrected chi connectivity index (χ3v) is 4.48. The second-order valence-corrected chi connectivity index (χ2v) is 7.24. The quantitative estimate of drug-likeness (QED) is 0.321. The molecule has 2 N–H and O–H groups in total. The first-order valence-corrected chi connectivity index (χ1v) is 10.3. The van der Waals surface area contributed by atoms with Crippen LogP contribution in [0.15, 0.2) is 48.5 Å². The van der Waals surface area contributed by atoms with E-state index in [9.17, 15) is 19.2 Å². The van der Waals surface area contributed by atoms with Gasteiger partial charge in [0.05, 0.1) is 6.61 Å². The molecule has 164 valence electrons. The van der Waals surface area contributed by atoms with Crippen LogP contribution in [0, 0.1) is 0 Å². The number of rotatable bonds is 11. The molecule has 0 spiro atoms. The summed E-state index contributed by atoms with van der Waals surface area (Å²) < 4.78 is 5.23. The molecule has 0 atom stereocenters. The average molecular weight is 424 g/mol. The summed E-state index contributed by atoms with van der Waals surface area (Å²) in [5, 5.41) is 5.35. The molecule has 0 bridgehead atoms. The van der Waals surface area contributed by atoms with E-state index >= 15 is 0 Å². The molecule has 0 unspecified atom stereocenters. The zero-order chi connectivity index (χ0) is 22.6. The lowest BCUT2D eigenvalue weighted by Crippen LogP contribution is -2.08. The summed E-state index contributed by atoms with van der Waals surface area (Å²) in [6, 6.07) is 14.1. The standard InChI is InChI=1S/C24H28N2O5/c1-17(27)25-21-11-6-19(7-12-21)8-15-24(30)31-16-4-3-5-23(29)20-9-13-22(14-10-20)26-18(2)28/h6-7,9-14H,3-5,8,15-16H2,1-2H3,(H,25,27)(H,26,28). The van der Waals surface area contributed by atoms with Gasteiger partial charge in [-0.15, -0.1) is 0 Å². The van der Waals surface area contributed by atoms with Gasteiger partial charge in [0, 0.05) is 43.6 Å². The molecule has 2 aromatic rings. The number of hydrogen-bond donors (Lipinski definition) is 2. The van der Waals surface area contributed by atoms with Crippen LogP contribution in [0.4, 0.5) is 11.4 Å².